The summed E-state index contributed by atoms with van der Waals surface area (Å²) in [7, 11) is 0. The van der Waals surface area contributed by atoms with Gasteiger partial charge in [-0.15, -0.1) is 0 Å². The number of benzene rings is 1. The second-order valence-corrected chi connectivity index (χ2v) is 4.24. The minimum Gasteiger partial charge on any atom is -0.491 e. The van der Waals surface area contributed by atoms with Crippen molar-refractivity contribution in [3.8, 4) is 11.8 Å². The van der Waals surface area contributed by atoms with Crippen LogP contribution >= 0.6 is 0 Å². The Hall–Kier alpha value is -2.22. The monoisotopic (exact) mass is 245 g/mol. The summed E-state index contributed by atoms with van der Waals surface area (Å²) < 4.78 is 10.8. The van der Waals surface area contributed by atoms with Gasteiger partial charge in [0.2, 0.25) is 0 Å². The molecule has 1 heterocycles. The predicted octanol–water partition coefficient (Wildman–Crippen LogP) is 1.43. The Morgan fingerprint density at radius 1 is 1.67 bits per heavy atom. The van der Waals surface area contributed by atoms with Gasteiger partial charge in [-0.3, -0.25) is 0 Å². The topological polar surface area (TPSA) is 80.6 Å². The van der Waals surface area contributed by atoms with E-state index in [2.05, 4.69) is 11.1 Å². The van der Waals surface area contributed by atoms with Crippen LogP contribution in [0.15, 0.2) is 29.3 Å². The van der Waals surface area contributed by atoms with Crippen LogP contribution in [0.25, 0.3) is 0 Å². The lowest BCUT2D eigenvalue weighted by Gasteiger charge is -2.16. The Morgan fingerprint density at radius 3 is 3.17 bits per heavy atom. The van der Waals surface area contributed by atoms with Crippen LogP contribution < -0.4 is 10.5 Å². The fourth-order valence-corrected chi connectivity index (χ4v) is 1.86. The molecule has 0 bridgehead atoms. The SMILES string of the molecule is C[C@@H](CC1COC(N)=N1)Oc1cccc(C#N)c1. The normalized spacial score (nSPS) is 19.6. The number of nitrogens with two attached hydrogens (primary N) is 1. The minimum atomic E-state index is -0.0119. The van der Waals surface area contributed by atoms with Crippen molar-refractivity contribution in [2.24, 2.45) is 10.7 Å². The van der Waals surface area contributed by atoms with Crippen molar-refractivity contribution in [3.05, 3.63) is 29.8 Å². The zero-order valence-electron chi connectivity index (χ0n) is 10.2. The van der Waals surface area contributed by atoms with Crippen LogP contribution in [0.3, 0.4) is 0 Å². The van der Waals surface area contributed by atoms with E-state index in [4.69, 9.17) is 20.5 Å². The molecule has 0 fully saturated rings. The molecule has 5 nitrogen and oxygen atoms in total. The predicted molar refractivity (Wildman–Crippen MR) is 67.2 cm³/mol. The summed E-state index contributed by atoms with van der Waals surface area (Å²) in [5, 5.41) is 8.80. The van der Waals surface area contributed by atoms with Crippen LogP contribution in [0.1, 0.15) is 18.9 Å². The maximum atomic E-state index is 8.80. The largest absolute Gasteiger partial charge is 0.491 e. The van der Waals surface area contributed by atoms with E-state index in [0.29, 0.717) is 17.9 Å². The maximum absolute atomic E-state index is 8.80. The number of ether oxygens (including phenoxy) is 2. The number of nitriles is 1. The summed E-state index contributed by atoms with van der Waals surface area (Å²) in [6, 6.07) is 9.48. The van der Waals surface area contributed by atoms with Gasteiger partial charge in [-0.25, -0.2) is 4.99 Å². The number of rotatable bonds is 4. The fourth-order valence-electron chi connectivity index (χ4n) is 1.86. The molecule has 5 heteroatoms. The van der Waals surface area contributed by atoms with Gasteiger partial charge in [-0.2, -0.15) is 5.26 Å². The van der Waals surface area contributed by atoms with E-state index in [1.54, 1.807) is 18.2 Å². The first-order valence-electron chi connectivity index (χ1n) is 5.80. The first-order valence-corrected chi connectivity index (χ1v) is 5.80. The second kappa shape index (κ2) is 5.41. The van der Waals surface area contributed by atoms with Gasteiger partial charge in [0.05, 0.1) is 23.8 Å². The average Bonchev–Trinajstić information content (AvgIpc) is 2.74. The van der Waals surface area contributed by atoms with Crippen molar-refractivity contribution < 1.29 is 9.47 Å². The van der Waals surface area contributed by atoms with Gasteiger partial charge in [-0.1, -0.05) is 6.07 Å². The van der Waals surface area contributed by atoms with Crippen molar-refractivity contribution in [1.82, 2.24) is 0 Å². The van der Waals surface area contributed by atoms with E-state index in [1.807, 2.05) is 13.0 Å². The van der Waals surface area contributed by atoms with E-state index in [9.17, 15) is 0 Å². The first kappa shape index (κ1) is 12.2. The van der Waals surface area contributed by atoms with Crippen molar-refractivity contribution in [2.75, 3.05) is 6.61 Å². The molecule has 18 heavy (non-hydrogen) atoms. The molecule has 0 saturated heterocycles. The van der Waals surface area contributed by atoms with Gasteiger partial charge < -0.3 is 15.2 Å². The van der Waals surface area contributed by atoms with Gasteiger partial charge in [0.25, 0.3) is 6.02 Å². The molecule has 94 valence electrons. The number of nitrogens with zero attached hydrogens (tertiary/aromatic N) is 2. The molecular formula is C13H15N3O2. The van der Waals surface area contributed by atoms with Gasteiger partial charge in [0, 0.05) is 6.42 Å². The number of hydrogen-bond donors (Lipinski definition) is 1. The van der Waals surface area contributed by atoms with Crippen LogP contribution in [-0.4, -0.2) is 24.8 Å². The highest BCUT2D eigenvalue weighted by Crippen LogP contribution is 2.17. The highest BCUT2D eigenvalue weighted by molar-refractivity contribution is 5.73. The van der Waals surface area contributed by atoms with Crippen molar-refractivity contribution in [2.45, 2.75) is 25.5 Å². The third-order valence-corrected chi connectivity index (χ3v) is 2.64. The molecule has 1 unspecified atom stereocenters. The third-order valence-electron chi connectivity index (χ3n) is 2.64. The molecule has 2 atom stereocenters. The Bertz CT molecular complexity index is 493. The molecule has 0 radical (unpaired) electrons. The second-order valence-electron chi connectivity index (χ2n) is 4.24. The molecule has 0 aromatic heterocycles. The molecule has 0 aliphatic carbocycles. The molecular weight excluding hydrogens is 230 g/mol. The summed E-state index contributed by atoms with van der Waals surface area (Å²) in [6.45, 7) is 2.47. The zero-order valence-corrected chi connectivity index (χ0v) is 10.2. The third kappa shape index (κ3) is 3.14. The van der Waals surface area contributed by atoms with Crippen LogP contribution in [0, 0.1) is 11.3 Å². The van der Waals surface area contributed by atoms with Crippen LogP contribution in [0.2, 0.25) is 0 Å². The fraction of sp³-hybridized carbons (Fsp3) is 0.385. The zero-order chi connectivity index (χ0) is 13.0. The Labute approximate surface area is 106 Å². The van der Waals surface area contributed by atoms with E-state index in [0.717, 1.165) is 6.42 Å². The molecule has 2 N–H and O–H groups in total. The van der Waals surface area contributed by atoms with Crippen molar-refractivity contribution in [1.29, 1.82) is 5.26 Å². The van der Waals surface area contributed by atoms with Gasteiger partial charge >= 0.3 is 0 Å². The van der Waals surface area contributed by atoms with Gasteiger partial charge in [0.15, 0.2) is 0 Å². The molecule has 1 aliphatic rings. The molecule has 0 amide bonds. The summed E-state index contributed by atoms with van der Waals surface area (Å²) >= 11 is 0. The molecule has 1 aliphatic heterocycles. The van der Waals surface area contributed by atoms with E-state index in [-0.39, 0.29) is 18.2 Å². The first-order chi connectivity index (χ1) is 8.67. The molecule has 0 saturated carbocycles. The molecule has 0 spiro atoms. The summed E-state index contributed by atoms with van der Waals surface area (Å²) in [5.74, 6) is 0.692. The lowest BCUT2D eigenvalue weighted by atomic mass is 10.1. The smallest absolute Gasteiger partial charge is 0.282 e. The highest BCUT2D eigenvalue weighted by atomic mass is 16.5. The van der Waals surface area contributed by atoms with E-state index < -0.39 is 0 Å². The Kier molecular flexibility index (Phi) is 3.68. The average molecular weight is 245 g/mol. The number of amidine groups is 1. The highest BCUT2D eigenvalue weighted by Gasteiger charge is 2.20. The summed E-state index contributed by atoms with van der Waals surface area (Å²) in [4.78, 5) is 4.14. The Balaban J connectivity index is 1.91. The lowest BCUT2D eigenvalue weighted by molar-refractivity contribution is 0.189. The van der Waals surface area contributed by atoms with Crippen LogP contribution in [-0.2, 0) is 4.74 Å². The van der Waals surface area contributed by atoms with E-state index in [1.165, 1.54) is 0 Å². The Morgan fingerprint density at radius 2 is 2.50 bits per heavy atom. The van der Waals surface area contributed by atoms with Crippen molar-refractivity contribution >= 4 is 6.02 Å². The van der Waals surface area contributed by atoms with Crippen molar-refractivity contribution in [3.63, 3.8) is 0 Å². The summed E-state index contributed by atoms with van der Waals surface area (Å²) in [6.07, 6.45) is 0.722. The standard InChI is InChI=1S/C13H15N3O2/c1-9(5-11-8-17-13(15)16-11)18-12-4-2-3-10(6-12)7-14/h2-4,6,9,11H,5,8H2,1H3,(H2,15,16)/t9-,11?/m0/s1. The molecule has 1 aromatic carbocycles. The minimum absolute atomic E-state index is 0.0119. The van der Waals surface area contributed by atoms with Gasteiger partial charge in [0.1, 0.15) is 12.4 Å². The number of hydrogen-bond acceptors (Lipinski definition) is 5. The molecule has 2 rings (SSSR count). The van der Waals surface area contributed by atoms with Crippen LogP contribution in [0.5, 0.6) is 5.75 Å². The van der Waals surface area contributed by atoms with E-state index >= 15 is 0 Å². The van der Waals surface area contributed by atoms with Crippen LogP contribution in [0.4, 0.5) is 0 Å². The lowest BCUT2D eigenvalue weighted by Crippen LogP contribution is -2.20. The maximum Gasteiger partial charge on any atom is 0.282 e. The summed E-state index contributed by atoms with van der Waals surface area (Å²) in [5.41, 5.74) is 6.03. The number of aliphatic imine (C=N–C) groups is 1. The molecule has 1 aromatic rings. The quantitative estimate of drug-likeness (QED) is 0.870. The van der Waals surface area contributed by atoms with Gasteiger partial charge in [-0.05, 0) is 25.1 Å².